The highest BCUT2D eigenvalue weighted by Crippen LogP contribution is 2.28. The molecule has 2 aromatic rings. The molecule has 0 atom stereocenters. The van der Waals surface area contributed by atoms with E-state index in [9.17, 15) is 9.59 Å². The Morgan fingerprint density at radius 1 is 0.958 bits per heavy atom. The highest BCUT2D eigenvalue weighted by Gasteiger charge is 2.12. The molecule has 2 amide bonds. The van der Waals surface area contributed by atoms with Gasteiger partial charge in [0.25, 0.3) is 0 Å². The Morgan fingerprint density at radius 3 is 2.33 bits per heavy atom. The van der Waals surface area contributed by atoms with Gasteiger partial charge in [-0.2, -0.15) is 0 Å². The minimum absolute atomic E-state index is 0.164. The van der Waals surface area contributed by atoms with Crippen molar-refractivity contribution in [1.82, 2.24) is 0 Å². The fourth-order valence-corrected chi connectivity index (χ4v) is 2.30. The lowest BCUT2D eigenvalue weighted by atomic mass is 10.1. The van der Waals surface area contributed by atoms with Gasteiger partial charge in [-0.15, -0.1) is 0 Å². The molecule has 0 spiro atoms. The molecule has 0 aliphatic carbocycles. The molecule has 0 fully saturated rings. The Labute approximate surface area is 140 Å². The third-order valence-electron chi connectivity index (χ3n) is 3.34. The van der Waals surface area contributed by atoms with Crippen LogP contribution >= 0.6 is 0 Å². The van der Waals surface area contributed by atoms with Crippen molar-refractivity contribution >= 4 is 23.2 Å². The van der Waals surface area contributed by atoms with Crippen LogP contribution in [-0.2, 0) is 16.0 Å². The Kier molecular flexibility index (Phi) is 5.78. The van der Waals surface area contributed by atoms with E-state index < -0.39 is 0 Å². The summed E-state index contributed by atoms with van der Waals surface area (Å²) in [6.07, 6.45) is 0.164. The Morgan fingerprint density at radius 2 is 1.67 bits per heavy atom. The van der Waals surface area contributed by atoms with E-state index in [2.05, 4.69) is 10.6 Å². The lowest BCUT2D eigenvalue weighted by molar-refractivity contribution is -0.116. The number of rotatable bonds is 6. The largest absolute Gasteiger partial charge is 0.496 e. The molecular formula is C18H20N2O4. The molecule has 0 heterocycles. The van der Waals surface area contributed by atoms with E-state index in [1.807, 2.05) is 18.2 Å². The van der Waals surface area contributed by atoms with Crippen LogP contribution in [0.3, 0.4) is 0 Å². The van der Waals surface area contributed by atoms with Gasteiger partial charge in [0, 0.05) is 18.2 Å². The zero-order chi connectivity index (χ0) is 17.5. The summed E-state index contributed by atoms with van der Waals surface area (Å²) >= 11 is 0. The number of methoxy groups -OCH3 is 2. The minimum Gasteiger partial charge on any atom is -0.496 e. The average Bonchev–Trinajstić information content (AvgIpc) is 2.55. The van der Waals surface area contributed by atoms with Gasteiger partial charge in [-0.05, 0) is 24.3 Å². The van der Waals surface area contributed by atoms with Crippen LogP contribution in [0.15, 0.2) is 42.5 Å². The van der Waals surface area contributed by atoms with E-state index in [4.69, 9.17) is 9.47 Å². The number of carbonyl (C=O) groups excluding carboxylic acids is 2. The van der Waals surface area contributed by atoms with Gasteiger partial charge in [0.05, 0.1) is 26.3 Å². The van der Waals surface area contributed by atoms with Gasteiger partial charge < -0.3 is 20.1 Å². The number of hydrogen-bond donors (Lipinski definition) is 2. The van der Waals surface area contributed by atoms with Crippen molar-refractivity contribution in [3.05, 3.63) is 48.0 Å². The van der Waals surface area contributed by atoms with Gasteiger partial charge in [-0.25, -0.2) is 0 Å². The molecule has 0 saturated heterocycles. The SMILES string of the molecule is COc1ccccc1CC(=O)Nc1cc(NC(C)=O)ccc1OC. The van der Waals surface area contributed by atoms with Gasteiger partial charge in [0.15, 0.2) is 0 Å². The quantitative estimate of drug-likeness (QED) is 0.855. The van der Waals surface area contributed by atoms with Crippen LogP contribution in [0.25, 0.3) is 0 Å². The number of benzene rings is 2. The molecule has 0 radical (unpaired) electrons. The van der Waals surface area contributed by atoms with Crippen molar-refractivity contribution in [2.45, 2.75) is 13.3 Å². The molecule has 6 nitrogen and oxygen atoms in total. The average molecular weight is 328 g/mol. The van der Waals surface area contributed by atoms with Crippen molar-refractivity contribution in [2.75, 3.05) is 24.9 Å². The van der Waals surface area contributed by atoms with E-state index in [-0.39, 0.29) is 18.2 Å². The first-order valence-corrected chi connectivity index (χ1v) is 7.41. The van der Waals surface area contributed by atoms with E-state index in [0.717, 1.165) is 5.56 Å². The van der Waals surface area contributed by atoms with Gasteiger partial charge in [-0.3, -0.25) is 9.59 Å². The summed E-state index contributed by atoms with van der Waals surface area (Å²) in [5.41, 5.74) is 1.86. The highest BCUT2D eigenvalue weighted by atomic mass is 16.5. The standard InChI is InChI=1S/C18H20N2O4/c1-12(21)19-14-8-9-17(24-3)15(11-14)20-18(22)10-13-6-4-5-7-16(13)23-2/h4-9,11H,10H2,1-3H3,(H,19,21)(H,20,22). The summed E-state index contributed by atoms with van der Waals surface area (Å²) in [5, 5.41) is 5.48. The Hall–Kier alpha value is -3.02. The van der Waals surface area contributed by atoms with Gasteiger partial charge in [0.1, 0.15) is 11.5 Å². The monoisotopic (exact) mass is 328 g/mol. The number of anilines is 2. The molecule has 24 heavy (non-hydrogen) atoms. The van der Waals surface area contributed by atoms with Crippen LogP contribution in [0.2, 0.25) is 0 Å². The second-order valence-corrected chi connectivity index (χ2v) is 5.13. The molecule has 0 aliphatic rings. The lowest BCUT2D eigenvalue weighted by Crippen LogP contribution is -2.16. The van der Waals surface area contributed by atoms with Crippen molar-refractivity contribution < 1.29 is 19.1 Å². The summed E-state index contributed by atoms with van der Waals surface area (Å²) in [6, 6.07) is 12.4. The Bertz CT molecular complexity index is 744. The second kappa shape index (κ2) is 8.01. The number of nitrogens with one attached hydrogen (secondary N) is 2. The van der Waals surface area contributed by atoms with Crippen LogP contribution in [0.5, 0.6) is 11.5 Å². The summed E-state index contributed by atoms with van der Waals surface area (Å²) in [6.45, 7) is 1.42. The number of carbonyl (C=O) groups is 2. The van der Waals surface area contributed by atoms with Crippen molar-refractivity contribution in [1.29, 1.82) is 0 Å². The molecular weight excluding hydrogens is 308 g/mol. The summed E-state index contributed by atoms with van der Waals surface area (Å²) in [5.74, 6) is 0.772. The number of para-hydroxylation sites is 1. The summed E-state index contributed by atoms with van der Waals surface area (Å²) in [4.78, 5) is 23.5. The van der Waals surface area contributed by atoms with Crippen molar-refractivity contribution in [3.8, 4) is 11.5 Å². The molecule has 2 rings (SSSR count). The first-order chi connectivity index (χ1) is 11.5. The molecule has 2 aromatic carbocycles. The molecule has 126 valence electrons. The lowest BCUT2D eigenvalue weighted by Gasteiger charge is -2.13. The zero-order valence-electron chi connectivity index (χ0n) is 13.9. The molecule has 6 heteroatoms. The van der Waals surface area contributed by atoms with E-state index in [1.54, 1.807) is 31.4 Å². The summed E-state index contributed by atoms with van der Waals surface area (Å²) < 4.78 is 10.5. The topological polar surface area (TPSA) is 76.7 Å². The van der Waals surface area contributed by atoms with Gasteiger partial charge in [-0.1, -0.05) is 18.2 Å². The number of ether oxygens (including phenoxy) is 2. The molecule has 2 N–H and O–H groups in total. The molecule has 0 unspecified atom stereocenters. The normalized spacial score (nSPS) is 9.96. The molecule has 0 aliphatic heterocycles. The molecule has 0 bridgehead atoms. The first-order valence-electron chi connectivity index (χ1n) is 7.41. The van der Waals surface area contributed by atoms with E-state index in [0.29, 0.717) is 22.9 Å². The fraction of sp³-hybridized carbons (Fsp3) is 0.222. The highest BCUT2D eigenvalue weighted by molar-refractivity contribution is 5.96. The number of hydrogen-bond acceptors (Lipinski definition) is 4. The van der Waals surface area contributed by atoms with Crippen molar-refractivity contribution in [3.63, 3.8) is 0 Å². The smallest absolute Gasteiger partial charge is 0.229 e. The van der Waals surface area contributed by atoms with Crippen LogP contribution in [0.4, 0.5) is 11.4 Å². The summed E-state index contributed by atoms with van der Waals surface area (Å²) in [7, 11) is 3.08. The zero-order valence-corrected chi connectivity index (χ0v) is 13.9. The first kappa shape index (κ1) is 17.3. The predicted molar refractivity (Wildman–Crippen MR) is 92.6 cm³/mol. The van der Waals surface area contributed by atoms with Crippen LogP contribution < -0.4 is 20.1 Å². The number of amides is 2. The molecule has 0 saturated carbocycles. The fourth-order valence-electron chi connectivity index (χ4n) is 2.30. The maximum absolute atomic E-state index is 12.3. The maximum Gasteiger partial charge on any atom is 0.229 e. The third-order valence-corrected chi connectivity index (χ3v) is 3.34. The maximum atomic E-state index is 12.3. The second-order valence-electron chi connectivity index (χ2n) is 5.13. The van der Waals surface area contributed by atoms with Gasteiger partial charge in [0.2, 0.25) is 11.8 Å². The van der Waals surface area contributed by atoms with Crippen LogP contribution in [0.1, 0.15) is 12.5 Å². The minimum atomic E-state index is -0.210. The third kappa shape index (κ3) is 4.49. The molecule has 0 aromatic heterocycles. The Balaban J connectivity index is 2.16. The predicted octanol–water partition coefficient (Wildman–Crippen LogP) is 2.84. The van der Waals surface area contributed by atoms with Crippen LogP contribution in [-0.4, -0.2) is 26.0 Å². The van der Waals surface area contributed by atoms with E-state index in [1.165, 1.54) is 14.0 Å². The van der Waals surface area contributed by atoms with Gasteiger partial charge >= 0.3 is 0 Å². The van der Waals surface area contributed by atoms with Crippen molar-refractivity contribution in [2.24, 2.45) is 0 Å². The van der Waals surface area contributed by atoms with Crippen LogP contribution in [0, 0.1) is 0 Å². The van der Waals surface area contributed by atoms with E-state index >= 15 is 0 Å².